The molecule has 0 saturated carbocycles. The van der Waals surface area contributed by atoms with Gasteiger partial charge in [-0.05, 0) is 29.8 Å². The lowest BCUT2D eigenvalue weighted by molar-refractivity contribution is -0.385. The predicted octanol–water partition coefficient (Wildman–Crippen LogP) is 7.09. The SMILES string of the molecule is O=[N+]([O-])c1ccc(Oc2ccccc2-c2ccc(C(F)(F)F)cc2)c(C(F)(F)F)c1. The van der Waals surface area contributed by atoms with E-state index in [1.165, 1.54) is 30.3 Å². The summed E-state index contributed by atoms with van der Waals surface area (Å²) in [4.78, 5) is 9.84. The van der Waals surface area contributed by atoms with Gasteiger partial charge in [-0.3, -0.25) is 10.1 Å². The first-order valence-corrected chi connectivity index (χ1v) is 8.27. The second kappa shape index (κ2) is 7.69. The molecule has 3 aromatic carbocycles. The van der Waals surface area contributed by atoms with Crippen molar-refractivity contribution in [2.45, 2.75) is 12.4 Å². The third-order valence-corrected chi connectivity index (χ3v) is 4.11. The Morgan fingerprint density at radius 2 is 1.40 bits per heavy atom. The summed E-state index contributed by atoms with van der Waals surface area (Å²) in [5.41, 5.74) is -2.45. The molecule has 0 aliphatic rings. The Bertz CT molecular complexity index is 1080. The minimum atomic E-state index is -4.93. The fourth-order valence-electron chi connectivity index (χ4n) is 2.69. The van der Waals surface area contributed by atoms with Crippen LogP contribution >= 0.6 is 0 Å². The van der Waals surface area contributed by atoms with Crippen molar-refractivity contribution in [1.29, 1.82) is 0 Å². The molecule has 156 valence electrons. The molecule has 0 saturated heterocycles. The van der Waals surface area contributed by atoms with Gasteiger partial charge in [0.1, 0.15) is 17.1 Å². The van der Waals surface area contributed by atoms with Crippen molar-refractivity contribution in [3.63, 3.8) is 0 Å². The Morgan fingerprint density at radius 3 is 1.97 bits per heavy atom. The summed E-state index contributed by atoms with van der Waals surface area (Å²) < 4.78 is 83.7. The van der Waals surface area contributed by atoms with Gasteiger partial charge in [-0.2, -0.15) is 26.3 Å². The van der Waals surface area contributed by atoms with Crippen LogP contribution < -0.4 is 4.74 Å². The summed E-state index contributed by atoms with van der Waals surface area (Å²) in [6.07, 6.45) is -9.46. The zero-order chi connectivity index (χ0) is 22.1. The van der Waals surface area contributed by atoms with E-state index in [1.807, 2.05) is 0 Å². The molecule has 0 aromatic heterocycles. The molecule has 0 aliphatic carbocycles. The first-order valence-electron chi connectivity index (χ1n) is 8.27. The van der Waals surface area contributed by atoms with Gasteiger partial charge >= 0.3 is 12.4 Å². The van der Waals surface area contributed by atoms with Gasteiger partial charge in [-0.25, -0.2) is 0 Å². The molecule has 0 unspecified atom stereocenters. The number of para-hydroxylation sites is 1. The van der Waals surface area contributed by atoms with E-state index in [1.54, 1.807) is 6.07 Å². The van der Waals surface area contributed by atoms with Crippen molar-refractivity contribution in [1.82, 2.24) is 0 Å². The highest BCUT2D eigenvalue weighted by atomic mass is 19.4. The second-order valence-electron chi connectivity index (χ2n) is 6.11. The number of alkyl halides is 6. The smallest absolute Gasteiger partial charge is 0.420 e. The average Bonchev–Trinajstić information content (AvgIpc) is 2.67. The normalized spacial score (nSPS) is 11.9. The van der Waals surface area contributed by atoms with Crippen molar-refractivity contribution in [3.8, 4) is 22.6 Å². The molecule has 30 heavy (non-hydrogen) atoms. The van der Waals surface area contributed by atoms with Crippen LogP contribution in [0.5, 0.6) is 11.5 Å². The fraction of sp³-hybridized carbons (Fsp3) is 0.100. The summed E-state index contributed by atoms with van der Waals surface area (Å²) >= 11 is 0. The maximum Gasteiger partial charge on any atom is 0.420 e. The summed E-state index contributed by atoms with van der Waals surface area (Å²) in [6, 6.07) is 11.9. The molecule has 0 fully saturated rings. The van der Waals surface area contributed by atoms with Gasteiger partial charge in [0.05, 0.1) is 10.5 Å². The van der Waals surface area contributed by atoms with Crippen LogP contribution in [0, 0.1) is 10.1 Å². The quantitative estimate of drug-likeness (QED) is 0.254. The standard InChI is InChI=1S/C20H11F6NO3/c21-19(22,23)13-7-5-12(6-8-13)15-3-1-2-4-17(15)30-18-10-9-14(27(28)29)11-16(18)20(24,25)26/h1-11H. The third-order valence-electron chi connectivity index (χ3n) is 4.11. The molecule has 0 atom stereocenters. The van der Waals surface area contributed by atoms with Crippen LogP contribution in [0.15, 0.2) is 66.7 Å². The number of halogens is 6. The predicted molar refractivity (Wildman–Crippen MR) is 95.1 cm³/mol. The van der Waals surface area contributed by atoms with E-state index < -0.39 is 39.8 Å². The number of rotatable bonds is 4. The molecule has 10 heteroatoms. The number of nitro groups is 1. The Balaban J connectivity index is 2.03. The first kappa shape index (κ1) is 21.2. The number of hydrogen-bond donors (Lipinski definition) is 0. The monoisotopic (exact) mass is 427 g/mol. The van der Waals surface area contributed by atoms with Crippen LogP contribution in [0.2, 0.25) is 0 Å². The van der Waals surface area contributed by atoms with Crippen molar-refractivity contribution in [2.75, 3.05) is 0 Å². The molecular formula is C20H11F6NO3. The minimum Gasteiger partial charge on any atom is -0.456 e. The zero-order valence-electron chi connectivity index (χ0n) is 14.8. The number of non-ortho nitro benzene ring substituents is 1. The molecule has 0 N–H and O–H groups in total. The topological polar surface area (TPSA) is 52.4 Å². The van der Waals surface area contributed by atoms with Gasteiger partial charge in [-0.1, -0.05) is 30.3 Å². The van der Waals surface area contributed by atoms with Crippen LogP contribution in [0.4, 0.5) is 32.0 Å². The van der Waals surface area contributed by atoms with Crippen molar-refractivity contribution in [2.24, 2.45) is 0 Å². The molecule has 3 aromatic rings. The number of nitrogens with zero attached hydrogens (tertiary/aromatic N) is 1. The van der Waals surface area contributed by atoms with Crippen LogP contribution in [0.1, 0.15) is 11.1 Å². The summed E-state index contributed by atoms with van der Waals surface area (Å²) in [6.45, 7) is 0. The third kappa shape index (κ3) is 4.53. The summed E-state index contributed by atoms with van der Waals surface area (Å²) in [5, 5.41) is 10.8. The van der Waals surface area contributed by atoms with E-state index in [0.29, 0.717) is 6.07 Å². The number of hydrogen-bond acceptors (Lipinski definition) is 3. The molecule has 0 amide bonds. The Labute approximate surface area is 165 Å². The van der Waals surface area contributed by atoms with Crippen molar-refractivity contribution >= 4 is 5.69 Å². The molecule has 0 radical (unpaired) electrons. The van der Waals surface area contributed by atoms with Crippen LogP contribution in [0.3, 0.4) is 0 Å². The molecule has 0 aliphatic heterocycles. The van der Waals surface area contributed by atoms with Gasteiger partial charge in [0, 0.05) is 17.7 Å². The second-order valence-corrected chi connectivity index (χ2v) is 6.11. The van der Waals surface area contributed by atoms with Crippen LogP contribution in [-0.4, -0.2) is 4.92 Å². The fourth-order valence-corrected chi connectivity index (χ4v) is 2.69. The van der Waals surface area contributed by atoms with Gasteiger partial charge in [0.2, 0.25) is 0 Å². The molecule has 3 rings (SSSR count). The highest BCUT2D eigenvalue weighted by molar-refractivity contribution is 5.71. The molecular weight excluding hydrogens is 416 g/mol. The highest BCUT2D eigenvalue weighted by Crippen LogP contribution is 2.42. The van der Waals surface area contributed by atoms with Crippen LogP contribution in [-0.2, 0) is 12.4 Å². The van der Waals surface area contributed by atoms with Gasteiger partial charge in [0.25, 0.3) is 5.69 Å². The van der Waals surface area contributed by atoms with Crippen molar-refractivity contribution < 1.29 is 36.0 Å². The molecule has 0 bridgehead atoms. The van der Waals surface area contributed by atoms with E-state index in [4.69, 9.17) is 4.74 Å². The maximum absolute atomic E-state index is 13.4. The molecule has 0 heterocycles. The van der Waals surface area contributed by atoms with E-state index in [2.05, 4.69) is 0 Å². The van der Waals surface area contributed by atoms with E-state index in [9.17, 15) is 36.5 Å². The summed E-state index contributed by atoms with van der Waals surface area (Å²) in [5.74, 6) is -0.732. The number of nitro benzene ring substituents is 1. The molecule has 4 nitrogen and oxygen atoms in total. The van der Waals surface area contributed by atoms with Crippen LogP contribution in [0.25, 0.3) is 11.1 Å². The Morgan fingerprint density at radius 1 is 0.767 bits per heavy atom. The Hall–Kier alpha value is -3.56. The Kier molecular flexibility index (Phi) is 5.43. The van der Waals surface area contributed by atoms with E-state index >= 15 is 0 Å². The maximum atomic E-state index is 13.4. The lowest BCUT2D eigenvalue weighted by atomic mass is 10.0. The van der Waals surface area contributed by atoms with E-state index in [0.717, 1.165) is 24.3 Å². The molecule has 0 spiro atoms. The highest BCUT2D eigenvalue weighted by Gasteiger charge is 2.36. The van der Waals surface area contributed by atoms with E-state index in [-0.39, 0.29) is 16.9 Å². The average molecular weight is 427 g/mol. The largest absolute Gasteiger partial charge is 0.456 e. The van der Waals surface area contributed by atoms with Gasteiger partial charge in [0.15, 0.2) is 0 Å². The van der Waals surface area contributed by atoms with Gasteiger partial charge < -0.3 is 4.74 Å². The number of benzene rings is 3. The lowest BCUT2D eigenvalue weighted by Crippen LogP contribution is -2.08. The number of ether oxygens (including phenoxy) is 1. The lowest BCUT2D eigenvalue weighted by Gasteiger charge is -2.16. The summed E-state index contributed by atoms with van der Waals surface area (Å²) in [7, 11) is 0. The van der Waals surface area contributed by atoms with Gasteiger partial charge in [-0.15, -0.1) is 0 Å². The minimum absolute atomic E-state index is 0.0587. The first-order chi connectivity index (χ1) is 14.0. The van der Waals surface area contributed by atoms with Crippen molar-refractivity contribution in [3.05, 3.63) is 88.0 Å². The zero-order valence-corrected chi connectivity index (χ0v) is 14.8.